The summed E-state index contributed by atoms with van der Waals surface area (Å²) in [4.78, 5) is 15.8. The maximum atomic E-state index is 10.6. The van der Waals surface area contributed by atoms with E-state index in [9.17, 15) is 10.1 Å². The SMILES string of the molecule is C[NH+](C)CCn1cnc2cc([N+](=O)[O-])ccc21. The van der Waals surface area contributed by atoms with Crippen LogP contribution in [0.25, 0.3) is 11.0 Å². The van der Waals surface area contributed by atoms with Crippen LogP contribution in [0.15, 0.2) is 24.5 Å². The number of imidazole rings is 1. The van der Waals surface area contributed by atoms with Gasteiger partial charge in [0.2, 0.25) is 0 Å². The summed E-state index contributed by atoms with van der Waals surface area (Å²) in [5.74, 6) is 0. The quantitative estimate of drug-likeness (QED) is 0.603. The van der Waals surface area contributed by atoms with E-state index in [1.807, 2.05) is 4.57 Å². The van der Waals surface area contributed by atoms with Gasteiger partial charge >= 0.3 is 0 Å². The van der Waals surface area contributed by atoms with Gasteiger partial charge in [0, 0.05) is 12.1 Å². The fourth-order valence-corrected chi connectivity index (χ4v) is 1.69. The van der Waals surface area contributed by atoms with Crippen molar-refractivity contribution in [3.63, 3.8) is 0 Å². The number of nitro benzene ring substituents is 1. The van der Waals surface area contributed by atoms with Crippen LogP contribution in [0.5, 0.6) is 0 Å². The van der Waals surface area contributed by atoms with E-state index >= 15 is 0 Å². The molecule has 2 rings (SSSR count). The Kier molecular flexibility index (Phi) is 3.06. The Balaban J connectivity index is 2.31. The van der Waals surface area contributed by atoms with E-state index in [4.69, 9.17) is 0 Å². The topological polar surface area (TPSA) is 65.4 Å². The molecule has 0 fully saturated rings. The summed E-state index contributed by atoms with van der Waals surface area (Å²) in [6.45, 7) is 1.85. The number of fused-ring (bicyclic) bond motifs is 1. The molecule has 0 spiro atoms. The van der Waals surface area contributed by atoms with E-state index in [-0.39, 0.29) is 5.69 Å². The first-order valence-corrected chi connectivity index (χ1v) is 5.46. The molecule has 1 N–H and O–H groups in total. The Morgan fingerprint density at radius 1 is 1.47 bits per heavy atom. The molecule has 0 aliphatic carbocycles. The summed E-state index contributed by atoms with van der Waals surface area (Å²) in [5, 5.41) is 10.6. The minimum absolute atomic E-state index is 0.0842. The Morgan fingerprint density at radius 3 is 2.88 bits per heavy atom. The molecule has 0 amide bonds. The Bertz CT molecular complexity index is 547. The van der Waals surface area contributed by atoms with Gasteiger partial charge in [0.15, 0.2) is 0 Å². The van der Waals surface area contributed by atoms with Crippen molar-refractivity contribution >= 4 is 16.7 Å². The molecule has 0 radical (unpaired) electrons. The van der Waals surface area contributed by atoms with Crippen LogP contribution in [0.3, 0.4) is 0 Å². The van der Waals surface area contributed by atoms with Crippen LogP contribution >= 0.6 is 0 Å². The smallest absolute Gasteiger partial charge is 0.271 e. The number of benzene rings is 1. The lowest BCUT2D eigenvalue weighted by atomic mass is 10.3. The lowest BCUT2D eigenvalue weighted by Crippen LogP contribution is -3.06. The highest BCUT2D eigenvalue weighted by molar-refractivity contribution is 5.77. The number of rotatable bonds is 4. The van der Waals surface area contributed by atoms with Crippen LogP contribution in [0.1, 0.15) is 0 Å². The van der Waals surface area contributed by atoms with E-state index in [1.54, 1.807) is 12.4 Å². The van der Waals surface area contributed by atoms with Gasteiger partial charge in [-0.25, -0.2) is 4.98 Å². The zero-order valence-electron chi connectivity index (χ0n) is 9.88. The second-order valence-electron chi connectivity index (χ2n) is 4.33. The first-order chi connectivity index (χ1) is 8.08. The van der Waals surface area contributed by atoms with E-state index in [0.29, 0.717) is 5.52 Å². The largest absolute Gasteiger partial charge is 0.338 e. The molecule has 1 aromatic heterocycles. The molecule has 0 atom stereocenters. The number of likely N-dealkylation sites (N-methyl/N-ethyl adjacent to an activating group) is 1. The average molecular weight is 235 g/mol. The summed E-state index contributed by atoms with van der Waals surface area (Å²) in [6.07, 6.45) is 1.73. The summed E-state index contributed by atoms with van der Waals surface area (Å²) in [5.41, 5.74) is 1.70. The van der Waals surface area contributed by atoms with Gasteiger partial charge in [0.1, 0.15) is 0 Å². The predicted octanol–water partition coefficient (Wildman–Crippen LogP) is 0.0890. The predicted molar refractivity (Wildman–Crippen MR) is 64.1 cm³/mol. The number of hydrogen-bond donors (Lipinski definition) is 1. The van der Waals surface area contributed by atoms with Gasteiger partial charge in [-0.3, -0.25) is 10.1 Å². The molecule has 0 saturated heterocycles. The van der Waals surface area contributed by atoms with Crippen LogP contribution in [-0.4, -0.2) is 35.1 Å². The van der Waals surface area contributed by atoms with Crippen LogP contribution in [0, 0.1) is 10.1 Å². The van der Waals surface area contributed by atoms with E-state index < -0.39 is 4.92 Å². The third kappa shape index (κ3) is 2.42. The van der Waals surface area contributed by atoms with Crippen LogP contribution in [0.4, 0.5) is 5.69 Å². The molecule has 6 nitrogen and oxygen atoms in total. The van der Waals surface area contributed by atoms with Crippen molar-refractivity contribution in [3.8, 4) is 0 Å². The summed E-state index contributed by atoms with van der Waals surface area (Å²) >= 11 is 0. The van der Waals surface area contributed by atoms with Gasteiger partial charge in [0.25, 0.3) is 5.69 Å². The van der Waals surface area contributed by atoms with Gasteiger partial charge in [-0.1, -0.05) is 0 Å². The van der Waals surface area contributed by atoms with E-state index in [1.165, 1.54) is 17.0 Å². The van der Waals surface area contributed by atoms with E-state index in [0.717, 1.165) is 18.6 Å². The van der Waals surface area contributed by atoms with Crippen molar-refractivity contribution in [3.05, 3.63) is 34.6 Å². The molecule has 0 saturated carbocycles. The second kappa shape index (κ2) is 4.50. The molecule has 17 heavy (non-hydrogen) atoms. The maximum Gasteiger partial charge on any atom is 0.271 e. The lowest BCUT2D eigenvalue weighted by Gasteiger charge is -2.08. The number of nitrogens with zero attached hydrogens (tertiary/aromatic N) is 3. The number of quaternary nitrogens is 1. The third-order valence-corrected chi connectivity index (χ3v) is 2.67. The molecule has 90 valence electrons. The van der Waals surface area contributed by atoms with Crippen molar-refractivity contribution < 1.29 is 9.82 Å². The van der Waals surface area contributed by atoms with Crippen molar-refractivity contribution in [1.82, 2.24) is 9.55 Å². The minimum atomic E-state index is -0.400. The molecule has 0 bridgehead atoms. The summed E-state index contributed by atoms with van der Waals surface area (Å²) in [7, 11) is 4.17. The van der Waals surface area contributed by atoms with Gasteiger partial charge < -0.3 is 9.47 Å². The molecule has 0 unspecified atom stereocenters. The molecular formula is C11H15N4O2+. The van der Waals surface area contributed by atoms with Crippen molar-refractivity contribution in [2.75, 3.05) is 20.6 Å². The first-order valence-electron chi connectivity index (χ1n) is 5.46. The minimum Gasteiger partial charge on any atom is -0.338 e. The number of non-ortho nitro benzene ring substituents is 1. The number of aromatic nitrogens is 2. The fourth-order valence-electron chi connectivity index (χ4n) is 1.69. The van der Waals surface area contributed by atoms with Gasteiger partial charge in [-0.05, 0) is 6.07 Å². The number of nitrogens with one attached hydrogen (secondary N) is 1. The van der Waals surface area contributed by atoms with Gasteiger partial charge in [0.05, 0.1) is 49.5 Å². The molecule has 1 aromatic carbocycles. The van der Waals surface area contributed by atoms with Gasteiger partial charge in [-0.2, -0.15) is 0 Å². The van der Waals surface area contributed by atoms with Crippen LogP contribution in [0.2, 0.25) is 0 Å². The lowest BCUT2D eigenvalue weighted by molar-refractivity contribution is -0.858. The summed E-state index contributed by atoms with van der Waals surface area (Å²) < 4.78 is 2.02. The molecule has 0 aliphatic rings. The van der Waals surface area contributed by atoms with Crippen molar-refractivity contribution in [2.24, 2.45) is 0 Å². The third-order valence-electron chi connectivity index (χ3n) is 2.67. The maximum absolute atomic E-state index is 10.6. The Hall–Kier alpha value is -1.95. The van der Waals surface area contributed by atoms with Crippen molar-refractivity contribution in [1.29, 1.82) is 0 Å². The average Bonchev–Trinajstić information content (AvgIpc) is 2.68. The first kappa shape index (κ1) is 11.5. The molecular weight excluding hydrogens is 220 g/mol. The van der Waals surface area contributed by atoms with Crippen LogP contribution < -0.4 is 4.90 Å². The standard InChI is InChI=1S/C11H14N4O2/c1-13(2)5-6-14-8-12-10-7-9(15(16)17)3-4-11(10)14/h3-4,7-8H,5-6H2,1-2H3/p+1. The molecule has 6 heteroatoms. The second-order valence-corrected chi connectivity index (χ2v) is 4.33. The van der Waals surface area contributed by atoms with E-state index in [2.05, 4.69) is 19.1 Å². The monoisotopic (exact) mass is 235 g/mol. The Labute approximate surface area is 98.6 Å². The fraction of sp³-hybridized carbons (Fsp3) is 0.364. The number of hydrogen-bond acceptors (Lipinski definition) is 3. The highest BCUT2D eigenvalue weighted by Crippen LogP contribution is 2.19. The van der Waals surface area contributed by atoms with Gasteiger partial charge in [-0.15, -0.1) is 0 Å². The number of nitro groups is 1. The zero-order valence-corrected chi connectivity index (χ0v) is 9.88. The Morgan fingerprint density at radius 2 is 2.24 bits per heavy atom. The van der Waals surface area contributed by atoms with Crippen LogP contribution in [-0.2, 0) is 6.54 Å². The molecule has 1 heterocycles. The summed E-state index contributed by atoms with van der Waals surface area (Å²) in [6, 6.07) is 4.78. The molecule has 0 aliphatic heterocycles. The van der Waals surface area contributed by atoms with Crippen molar-refractivity contribution in [2.45, 2.75) is 6.54 Å². The normalized spacial score (nSPS) is 11.2. The molecule has 2 aromatic rings. The zero-order chi connectivity index (χ0) is 12.4. The highest BCUT2D eigenvalue weighted by atomic mass is 16.6. The highest BCUT2D eigenvalue weighted by Gasteiger charge is 2.10.